The SMILES string of the molecule is COc1ccc(C2/C(=C(\O)c3c(OC)cccc3OC)C(=O)C(=O)N2c2cccc(Cl)c2C)cc1OC. The summed E-state index contributed by atoms with van der Waals surface area (Å²) in [5.74, 6) is -0.724. The normalized spacial score (nSPS) is 16.6. The molecule has 9 heteroatoms. The van der Waals surface area contributed by atoms with Gasteiger partial charge < -0.3 is 24.1 Å². The molecule has 1 fully saturated rings. The Labute approximate surface area is 219 Å². The Balaban J connectivity index is 2.07. The van der Waals surface area contributed by atoms with Crippen molar-refractivity contribution < 1.29 is 33.6 Å². The summed E-state index contributed by atoms with van der Waals surface area (Å²) in [5, 5.41) is 12.0. The number of hydrogen-bond donors (Lipinski definition) is 1. The van der Waals surface area contributed by atoms with Crippen LogP contribution in [-0.4, -0.2) is 45.2 Å². The Kier molecular flexibility index (Phi) is 7.31. The van der Waals surface area contributed by atoms with Crippen molar-refractivity contribution in [2.75, 3.05) is 33.3 Å². The second-order valence-corrected chi connectivity index (χ2v) is 8.61. The zero-order valence-electron chi connectivity index (χ0n) is 21.0. The lowest BCUT2D eigenvalue weighted by molar-refractivity contribution is -0.132. The van der Waals surface area contributed by atoms with Crippen LogP contribution in [0.1, 0.15) is 22.7 Å². The number of benzene rings is 3. The number of nitrogens with zero attached hydrogens (tertiary/aromatic N) is 1. The molecule has 0 radical (unpaired) electrons. The third kappa shape index (κ3) is 4.34. The minimum atomic E-state index is -1.02. The number of ketones is 1. The number of aliphatic hydroxyl groups is 1. The summed E-state index contributed by atoms with van der Waals surface area (Å²) in [6.45, 7) is 1.76. The van der Waals surface area contributed by atoms with E-state index >= 15 is 0 Å². The number of carbonyl (C=O) groups is 2. The lowest BCUT2D eigenvalue weighted by atomic mass is 9.94. The van der Waals surface area contributed by atoms with E-state index in [9.17, 15) is 14.7 Å². The van der Waals surface area contributed by atoms with E-state index in [2.05, 4.69) is 0 Å². The van der Waals surface area contributed by atoms with Crippen LogP contribution in [0.25, 0.3) is 5.76 Å². The highest BCUT2D eigenvalue weighted by atomic mass is 35.5. The monoisotopic (exact) mass is 523 g/mol. The van der Waals surface area contributed by atoms with Gasteiger partial charge in [0.2, 0.25) is 0 Å². The second kappa shape index (κ2) is 10.4. The van der Waals surface area contributed by atoms with Crippen molar-refractivity contribution in [3.63, 3.8) is 0 Å². The number of carbonyl (C=O) groups excluding carboxylic acids is 2. The molecule has 1 aliphatic heterocycles. The fourth-order valence-corrected chi connectivity index (χ4v) is 4.67. The molecule has 1 saturated heterocycles. The zero-order chi connectivity index (χ0) is 26.9. The molecule has 0 aromatic heterocycles. The van der Waals surface area contributed by atoms with Crippen molar-refractivity contribution >= 4 is 34.7 Å². The summed E-state index contributed by atoms with van der Waals surface area (Å²) < 4.78 is 21.7. The largest absolute Gasteiger partial charge is 0.506 e. The van der Waals surface area contributed by atoms with Gasteiger partial charge in [-0.3, -0.25) is 14.5 Å². The maximum absolute atomic E-state index is 13.6. The summed E-state index contributed by atoms with van der Waals surface area (Å²) in [6, 6.07) is 14.0. The molecular weight excluding hydrogens is 498 g/mol. The first-order valence-electron chi connectivity index (χ1n) is 11.3. The molecule has 0 bridgehead atoms. The van der Waals surface area contributed by atoms with E-state index in [1.807, 2.05) is 0 Å². The lowest BCUT2D eigenvalue weighted by Crippen LogP contribution is -2.30. The molecule has 3 aromatic carbocycles. The first-order chi connectivity index (χ1) is 17.8. The maximum atomic E-state index is 13.6. The van der Waals surface area contributed by atoms with Crippen LogP contribution >= 0.6 is 11.6 Å². The predicted molar refractivity (Wildman–Crippen MR) is 140 cm³/mol. The number of Topliss-reactive ketones (excluding diaryl/α,β-unsaturated/α-hetero) is 1. The predicted octanol–water partition coefficient (Wildman–Crippen LogP) is 5.31. The van der Waals surface area contributed by atoms with E-state index in [0.717, 1.165) is 0 Å². The fraction of sp³-hybridized carbons (Fsp3) is 0.214. The lowest BCUT2D eigenvalue weighted by Gasteiger charge is -2.27. The van der Waals surface area contributed by atoms with Crippen LogP contribution in [-0.2, 0) is 9.59 Å². The number of methoxy groups -OCH3 is 4. The van der Waals surface area contributed by atoms with Gasteiger partial charge in [0, 0.05) is 10.7 Å². The minimum Gasteiger partial charge on any atom is -0.506 e. The van der Waals surface area contributed by atoms with Gasteiger partial charge in [-0.2, -0.15) is 0 Å². The van der Waals surface area contributed by atoms with Gasteiger partial charge >= 0.3 is 0 Å². The summed E-state index contributed by atoms with van der Waals surface area (Å²) >= 11 is 6.38. The number of rotatable bonds is 7. The van der Waals surface area contributed by atoms with Crippen molar-refractivity contribution in [3.8, 4) is 23.0 Å². The first kappa shape index (κ1) is 25.9. The summed E-state index contributed by atoms with van der Waals surface area (Å²) in [5.41, 5.74) is 1.55. The summed E-state index contributed by atoms with van der Waals surface area (Å²) in [4.78, 5) is 28.5. The molecule has 1 aliphatic rings. The van der Waals surface area contributed by atoms with Crippen molar-refractivity contribution in [1.29, 1.82) is 0 Å². The second-order valence-electron chi connectivity index (χ2n) is 8.21. The molecule has 0 spiro atoms. The van der Waals surface area contributed by atoms with E-state index in [1.54, 1.807) is 61.5 Å². The standard InChI is InChI=1S/C28H26ClNO7/c1-15-17(29)8-6-9-18(15)30-25(16-12-13-19(34-2)22(14-16)37-5)24(27(32)28(30)33)26(31)23-20(35-3)10-7-11-21(23)36-4/h6-14,25,31H,1-5H3/b26-24+. The van der Waals surface area contributed by atoms with Crippen LogP contribution in [0, 0.1) is 6.92 Å². The molecule has 8 nitrogen and oxygen atoms in total. The Morgan fingerprint density at radius 1 is 0.838 bits per heavy atom. The molecule has 192 valence electrons. The van der Waals surface area contributed by atoms with Crippen LogP contribution in [0.15, 0.2) is 60.2 Å². The van der Waals surface area contributed by atoms with E-state index < -0.39 is 23.5 Å². The van der Waals surface area contributed by atoms with Gasteiger partial charge in [0.05, 0.1) is 40.1 Å². The van der Waals surface area contributed by atoms with Crippen molar-refractivity contribution in [1.82, 2.24) is 0 Å². The number of hydrogen-bond acceptors (Lipinski definition) is 7. The van der Waals surface area contributed by atoms with E-state index in [1.165, 1.54) is 33.3 Å². The molecule has 0 aliphatic carbocycles. The number of amides is 1. The molecule has 1 amide bonds. The Bertz CT molecular complexity index is 1390. The van der Waals surface area contributed by atoms with E-state index in [-0.39, 0.29) is 22.6 Å². The smallest absolute Gasteiger partial charge is 0.300 e. The number of aliphatic hydroxyl groups excluding tert-OH is 1. The van der Waals surface area contributed by atoms with Gasteiger partial charge in [-0.05, 0) is 54.4 Å². The quantitative estimate of drug-likeness (QED) is 0.255. The Morgan fingerprint density at radius 2 is 1.43 bits per heavy atom. The molecule has 1 heterocycles. The van der Waals surface area contributed by atoms with Gasteiger partial charge in [0.25, 0.3) is 11.7 Å². The number of ether oxygens (including phenoxy) is 4. The highest BCUT2D eigenvalue weighted by molar-refractivity contribution is 6.52. The first-order valence-corrected chi connectivity index (χ1v) is 11.7. The molecule has 1 atom stereocenters. The topological polar surface area (TPSA) is 94.5 Å². The third-order valence-electron chi connectivity index (χ3n) is 6.33. The van der Waals surface area contributed by atoms with Gasteiger partial charge in [-0.25, -0.2) is 0 Å². The molecule has 1 unspecified atom stereocenters. The molecule has 37 heavy (non-hydrogen) atoms. The average Bonchev–Trinajstić information content (AvgIpc) is 3.18. The Morgan fingerprint density at radius 3 is 2.03 bits per heavy atom. The van der Waals surface area contributed by atoms with E-state index in [0.29, 0.717) is 33.3 Å². The summed E-state index contributed by atoms with van der Waals surface area (Å²) in [6.07, 6.45) is 0. The van der Waals surface area contributed by atoms with Crippen LogP contribution in [0.5, 0.6) is 23.0 Å². The van der Waals surface area contributed by atoms with Crippen LogP contribution in [0.2, 0.25) is 5.02 Å². The van der Waals surface area contributed by atoms with Gasteiger partial charge in [0.1, 0.15) is 22.8 Å². The third-order valence-corrected chi connectivity index (χ3v) is 6.74. The highest BCUT2D eigenvalue weighted by Crippen LogP contribution is 2.47. The van der Waals surface area contributed by atoms with Crippen LogP contribution in [0.4, 0.5) is 5.69 Å². The van der Waals surface area contributed by atoms with Gasteiger partial charge in [0.15, 0.2) is 11.5 Å². The highest BCUT2D eigenvalue weighted by Gasteiger charge is 2.48. The molecule has 3 aromatic rings. The summed E-state index contributed by atoms with van der Waals surface area (Å²) in [7, 11) is 5.86. The van der Waals surface area contributed by atoms with E-state index in [4.69, 9.17) is 30.5 Å². The number of anilines is 1. The van der Waals surface area contributed by atoms with Gasteiger partial charge in [-0.1, -0.05) is 29.8 Å². The molecule has 0 saturated carbocycles. The molecular formula is C28H26ClNO7. The van der Waals surface area contributed by atoms with Gasteiger partial charge in [-0.15, -0.1) is 0 Å². The van der Waals surface area contributed by atoms with Crippen molar-refractivity contribution in [3.05, 3.63) is 81.9 Å². The van der Waals surface area contributed by atoms with Crippen molar-refractivity contribution in [2.24, 2.45) is 0 Å². The van der Waals surface area contributed by atoms with Crippen LogP contribution < -0.4 is 23.8 Å². The molecule has 1 N–H and O–H groups in total. The zero-order valence-corrected chi connectivity index (χ0v) is 21.8. The minimum absolute atomic E-state index is 0.139. The fourth-order valence-electron chi connectivity index (χ4n) is 4.50. The Hall–Kier alpha value is -4.17. The number of halogens is 1. The van der Waals surface area contributed by atoms with Crippen molar-refractivity contribution in [2.45, 2.75) is 13.0 Å². The molecule has 4 rings (SSSR count). The van der Waals surface area contributed by atoms with Crippen LogP contribution in [0.3, 0.4) is 0 Å². The maximum Gasteiger partial charge on any atom is 0.300 e. The average molecular weight is 524 g/mol.